The van der Waals surface area contributed by atoms with Gasteiger partial charge in [0.25, 0.3) is 0 Å². The van der Waals surface area contributed by atoms with Crippen molar-refractivity contribution in [3.05, 3.63) is 24.3 Å². The van der Waals surface area contributed by atoms with Crippen molar-refractivity contribution in [3.8, 4) is 0 Å². The highest BCUT2D eigenvalue weighted by molar-refractivity contribution is 7.33. The molecule has 0 aromatic carbocycles. The fourth-order valence-corrected chi connectivity index (χ4v) is 5.65. The van der Waals surface area contributed by atoms with E-state index in [0.29, 0.717) is 13.2 Å². The fraction of sp³-hybridized carbons (Fsp3) is 0.889. The molecule has 0 aliphatic heterocycles. The summed E-state index contributed by atoms with van der Waals surface area (Å²) in [7, 11) is -1.93. The summed E-state index contributed by atoms with van der Waals surface area (Å²) in [6.45, 7) is 5.67. The van der Waals surface area contributed by atoms with Crippen LogP contribution < -0.4 is 0 Å². The smallest absolute Gasteiger partial charge is 0.119 e. The molecule has 0 fully saturated rings. The molecule has 0 saturated heterocycles. The van der Waals surface area contributed by atoms with Crippen molar-refractivity contribution in [1.82, 2.24) is 0 Å². The summed E-state index contributed by atoms with van der Waals surface area (Å²) in [6, 6.07) is 0. The molecule has 0 heterocycles. The molecule has 0 amide bonds. The van der Waals surface area contributed by atoms with Crippen molar-refractivity contribution in [2.75, 3.05) is 13.2 Å². The van der Waals surface area contributed by atoms with E-state index in [1.165, 1.54) is 154 Å². The Kier molecular flexibility index (Phi) is 36.1. The van der Waals surface area contributed by atoms with E-state index >= 15 is 0 Å². The Morgan fingerprint density at radius 3 is 0.925 bits per heavy atom. The second-order valence-electron chi connectivity index (χ2n) is 11.8. The van der Waals surface area contributed by atoms with E-state index in [9.17, 15) is 4.57 Å². The normalized spacial score (nSPS) is 11.8. The first-order chi connectivity index (χ1) is 19.8. The summed E-state index contributed by atoms with van der Waals surface area (Å²) in [5.74, 6) is 0. The molecule has 4 heteroatoms. The summed E-state index contributed by atoms with van der Waals surface area (Å²) in [5, 5.41) is 0. The van der Waals surface area contributed by atoms with E-state index < -0.39 is 8.25 Å². The van der Waals surface area contributed by atoms with Crippen LogP contribution in [0, 0.1) is 0 Å². The minimum atomic E-state index is -1.93. The van der Waals surface area contributed by atoms with Gasteiger partial charge in [0.15, 0.2) is 0 Å². The van der Waals surface area contributed by atoms with Crippen molar-refractivity contribution in [3.63, 3.8) is 0 Å². The summed E-state index contributed by atoms with van der Waals surface area (Å²) >= 11 is 0. The van der Waals surface area contributed by atoms with E-state index in [1.54, 1.807) is 0 Å². The van der Waals surface area contributed by atoms with Crippen LogP contribution in [0.25, 0.3) is 0 Å². The maximum Gasteiger partial charge on any atom is 0.697 e. The minimum Gasteiger partial charge on any atom is -0.119 e. The molecule has 0 aliphatic carbocycles. The van der Waals surface area contributed by atoms with Gasteiger partial charge in [0.2, 0.25) is 0 Å². The van der Waals surface area contributed by atoms with E-state index in [0.717, 1.165) is 25.7 Å². The standard InChI is InChI=1S/C36H70O3P/c1-3-5-7-9-11-13-15-17-19-21-23-25-27-29-31-33-35-38-40(37)39-36-34-32-30-28-26-24-22-20-18-16-14-12-10-8-6-4-2/h17-20H,3-16,21-36H2,1-2H3/q+1/b19-17-,20-18-. The summed E-state index contributed by atoms with van der Waals surface area (Å²) in [6.07, 6.45) is 45.8. The molecule has 0 N–H and O–H groups in total. The van der Waals surface area contributed by atoms with Crippen LogP contribution in [0.3, 0.4) is 0 Å². The van der Waals surface area contributed by atoms with Crippen molar-refractivity contribution in [1.29, 1.82) is 0 Å². The van der Waals surface area contributed by atoms with Crippen molar-refractivity contribution < 1.29 is 13.6 Å². The Bertz CT molecular complexity index is 500. The maximum absolute atomic E-state index is 11.9. The number of allylic oxidation sites excluding steroid dienone is 4. The van der Waals surface area contributed by atoms with Crippen molar-refractivity contribution in [2.45, 2.75) is 194 Å². The van der Waals surface area contributed by atoms with Gasteiger partial charge < -0.3 is 0 Å². The molecule has 0 aromatic heterocycles. The fourth-order valence-electron chi connectivity index (χ4n) is 5.01. The second kappa shape index (κ2) is 36.5. The lowest BCUT2D eigenvalue weighted by Crippen LogP contribution is -1.92. The van der Waals surface area contributed by atoms with Gasteiger partial charge in [-0.1, -0.05) is 154 Å². The lowest BCUT2D eigenvalue weighted by molar-refractivity contribution is 0.218. The van der Waals surface area contributed by atoms with E-state index in [4.69, 9.17) is 9.05 Å². The van der Waals surface area contributed by atoms with Crippen LogP contribution in [-0.2, 0) is 13.6 Å². The predicted molar refractivity (Wildman–Crippen MR) is 178 cm³/mol. The second-order valence-corrected chi connectivity index (χ2v) is 12.7. The third-order valence-corrected chi connectivity index (χ3v) is 8.49. The predicted octanol–water partition coefficient (Wildman–Crippen LogP) is 13.8. The van der Waals surface area contributed by atoms with Crippen molar-refractivity contribution >= 4 is 8.25 Å². The summed E-state index contributed by atoms with van der Waals surface area (Å²) in [5.41, 5.74) is 0. The molecule has 236 valence electrons. The first-order valence-corrected chi connectivity index (χ1v) is 18.9. The van der Waals surface area contributed by atoms with Gasteiger partial charge in [0.05, 0.1) is 0 Å². The highest BCUT2D eigenvalue weighted by Gasteiger charge is 2.18. The Labute approximate surface area is 252 Å². The SMILES string of the molecule is CCCCCCCC/C=C\CCCCCCCCO[P+](=O)OCCCCCCCC/C=C\CCCCCCCC. The van der Waals surface area contributed by atoms with Gasteiger partial charge in [-0.05, 0) is 64.2 Å². The molecule has 0 bridgehead atoms. The average Bonchev–Trinajstić information content (AvgIpc) is 2.96. The molecule has 0 spiro atoms. The Morgan fingerprint density at radius 2 is 0.625 bits per heavy atom. The van der Waals surface area contributed by atoms with Gasteiger partial charge in [-0.3, -0.25) is 0 Å². The van der Waals surface area contributed by atoms with Gasteiger partial charge >= 0.3 is 8.25 Å². The number of rotatable bonds is 34. The number of hydrogen-bond donors (Lipinski definition) is 0. The molecule has 0 radical (unpaired) electrons. The Hall–Kier alpha value is -0.500. The van der Waals surface area contributed by atoms with Crippen LogP contribution in [0.1, 0.15) is 194 Å². The quantitative estimate of drug-likeness (QED) is 0.0431. The monoisotopic (exact) mass is 582 g/mol. The molecule has 3 nitrogen and oxygen atoms in total. The first kappa shape index (κ1) is 39.5. The van der Waals surface area contributed by atoms with Gasteiger partial charge in [-0.15, -0.1) is 9.05 Å². The molecular weight excluding hydrogens is 511 g/mol. The van der Waals surface area contributed by atoms with Crippen LogP contribution in [-0.4, -0.2) is 13.2 Å². The molecule has 0 aliphatic rings. The molecule has 0 aromatic rings. The van der Waals surface area contributed by atoms with Crippen LogP contribution in [0.4, 0.5) is 0 Å². The van der Waals surface area contributed by atoms with E-state index in [1.807, 2.05) is 0 Å². The van der Waals surface area contributed by atoms with Gasteiger partial charge in [0.1, 0.15) is 13.2 Å². The lowest BCUT2D eigenvalue weighted by Gasteiger charge is -2.00. The zero-order chi connectivity index (χ0) is 29.0. The molecular formula is C36H70O3P+. The number of unbranched alkanes of at least 4 members (excludes halogenated alkanes) is 24. The Morgan fingerprint density at radius 1 is 0.375 bits per heavy atom. The van der Waals surface area contributed by atoms with Crippen LogP contribution in [0.2, 0.25) is 0 Å². The zero-order valence-corrected chi connectivity index (χ0v) is 28.1. The van der Waals surface area contributed by atoms with Crippen LogP contribution in [0.5, 0.6) is 0 Å². The molecule has 0 saturated carbocycles. The third-order valence-electron chi connectivity index (χ3n) is 7.71. The minimum absolute atomic E-state index is 0.559. The third kappa shape index (κ3) is 35.5. The first-order valence-electron chi connectivity index (χ1n) is 17.8. The molecule has 0 unspecified atom stereocenters. The molecule has 0 rings (SSSR count). The van der Waals surface area contributed by atoms with E-state index in [-0.39, 0.29) is 0 Å². The average molecular weight is 582 g/mol. The summed E-state index contributed by atoms with van der Waals surface area (Å²) in [4.78, 5) is 0. The van der Waals surface area contributed by atoms with E-state index in [2.05, 4.69) is 38.2 Å². The number of hydrogen-bond acceptors (Lipinski definition) is 3. The summed E-state index contributed by atoms with van der Waals surface area (Å²) < 4.78 is 22.6. The zero-order valence-electron chi connectivity index (χ0n) is 27.2. The highest BCUT2D eigenvalue weighted by Crippen LogP contribution is 2.25. The molecule has 0 atom stereocenters. The lowest BCUT2D eigenvalue weighted by atomic mass is 10.1. The van der Waals surface area contributed by atoms with Crippen LogP contribution in [0.15, 0.2) is 24.3 Å². The topological polar surface area (TPSA) is 35.5 Å². The molecule has 40 heavy (non-hydrogen) atoms. The van der Waals surface area contributed by atoms with Gasteiger partial charge in [-0.2, -0.15) is 0 Å². The Balaban J connectivity index is 3.22. The van der Waals surface area contributed by atoms with Crippen molar-refractivity contribution in [2.24, 2.45) is 0 Å². The maximum atomic E-state index is 11.9. The highest BCUT2D eigenvalue weighted by atomic mass is 31.1. The van der Waals surface area contributed by atoms with Crippen LogP contribution >= 0.6 is 8.25 Å². The largest absolute Gasteiger partial charge is 0.697 e. The van der Waals surface area contributed by atoms with Gasteiger partial charge in [-0.25, -0.2) is 0 Å². The van der Waals surface area contributed by atoms with Gasteiger partial charge in [0, 0.05) is 4.57 Å².